The fourth-order valence-corrected chi connectivity index (χ4v) is 2.47. The standard InChI is InChI=1S/C18H18N2O3/c1-22-16-6-3-13(4-7-16)9-10-20-12-15-11-14(18(21)23-2)5-8-17(15)19-20/h3-8,11-12H,9-10H2,1-2H3. The number of carbonyl (C=O) groups excluding carboxylic acids is 1. The summed E-state index contributed by atoms with van der Waals surface area (Å²) in [5.41, 5.74) is 2.63. The van der Waals surface area contributed by atoms with Gasteiger partial charge in [-0.3, -0.25) is 4.68 Å². The van der Waals surface area contributed by atoms with Gasteiger partial charge in [-0.25, -0.2) is 4.79 Å². The lowest BCUT2D eigenvalue weighted by Crippen LogP contribution is -2.01. The molecule has 0 radical (unpaired) electrons. The van der Waals surface area contributed by atoms with E-state index in [2.05, 4.69) is 17.2 Å². The molecular weight excluding hydrogens is 292 g/mol. The normalized spacial score (nSPS) is 10.7. The second kappa shape index (κ2) is 6.52. The van der Waals surface area contributed by atoms with Crippen molar-refractivity contribution in [2.24, 2.45) is 0 Å². The lowest BCUT2D eigenvalue weighted by atomic mass is 10.1. The van der Waals surface area contributed by atoms with Crippen LogP contribution in [-0.2, 0) is 17.7 Å². The van der Waals surface area contributed by atoms with Gasteiger partial charge < -0.3 is 9.47 Å². The van der Waals surface area contributed by atoms with Crippen LogP contribution < -0.4 is 4.74 Å². The number of ether oxygens (including phenoxy) is 2. The summed E-state index contributed by atoms with van der Waals surface area (Å²) < 4.78 is 11.8. The summed E-state index contributed by atoms with van der Waals surface area (Å²) in [7, 11) is 3.04. The Balaban J connectivity index is 1.73. The van der Waals surface area contributed by atoms with E-state index in [1.54, 1.807) is 19.2 Å². The first-order valence-electron chi connectivity index (χ1n) is 7.38. The Hall–Kier alpha value is -2.82. The zero-order valence-electron chi connectivity index (χ0n) is 13.2. The van der Waals surface area contributed by atoms with Crippen LogP contribution in [0.3, 0.4) is 0 Å². The minimum absolute atomic E-state index is 0.335. The first-order chi connectivity index (χ1) is 11.2. The number of aromatic nitrogens is 2. The van der Waals surface area contributed by atoms with Crippen LogP contribution in [0, 0.1) is 0 Å². The molecule has 0 atom stereocenters. The number of hydrogen-bond acceptors (Lipinski definition) is 4. The number of carbonyl (C=O) groups is 1. The monoisotopic (exact) mass is 310 g/mol. The Morgan fingerprint density at radius 1 is 1.13 bits per heavy atom. The van der Waals surface area contributed by atoms with Gasteiger partial charge in [-0.2, -0.15) is 5.10 Å². The predicted octanol–water partition coefficient (Wildman–Crippen LogP) is 3.07. The molecule has 1 aromatic heterocycles. The molecule has 0 aliphatic carbocycles. The Bertz CT molecular complexity index is 822. The number of fused-ring (bicyclic) bond motifs is 1. The summed E-state index contributed by atoms with van der Waals surface area (Å²) >= 11 is 0. The summed E-state index contributed by atoms with van der Waals surface area (Å²) in [5, 5.41) is 5.46. The van der Waals surface area contributed by atoms with Gasteiger partial charge >= 0.3 is 5.97 Å². The summed E-state index contributed by atoms with van der Waals surface area (Å²) in [6.07, 6.45) is 2.83. The van der Waals surface area contributed by atoms with Gasteiger partial charge in [0.2, 0.25) is 0 Å². The maximum absolute atomic E-state index is 11.6. The van der Waals surface area contributed by atoms with Crippen LogP contribution in [0.4, 0.5) is 0 Å². The number of esters is 1. The number of methoxy groups -OCH3 is 2. The summed E-state index contributed by atoms with van der Waals surface area (Å²) in [4.78, 5) is 11.6. The Kier molecular flexibility index (Phi) is 4.28. The fraction of sp³-hybridized carbons (Fsp3) is 0.222. The second-order valence-electron chi connectivity index (χ2n) is 5.26. The van der Waals surface area contributed by atoms with E-state index < -0.39 is 0 Å². The average molecular weight is 310 g/mol. The lowest BCUT2D eigenvalue weighted by molar-refractivity contribution is 0.0601. The lowest BCUT2D eigenvalue weighted by Gasteiger charge is -2.03. The van der Waals surface area contributed by atoms with E-state index in [1.807, 2.05) is 29.1 Å². The van der Waals surface area contributed by atoms with E-state index in [0.717, 1.165) is 29.6 Å². The molecule has 5 nitrogen and oxygen atoms in total. The van der Waals surface area contributed by atoms with Crippen molar-refractivity contribution < 1.29 is 14.3 Å². The minimum Gasteiger partial charge on any atom is -0.497 e. The second-order valence-corrected chi connectivity index (χ2v) is 5.26. The van der Waals surface area contributed by atoms with E-state index in [1.165, 1.54) is 12.7 Å². The van der Waals surface area contributed by atoms with Crippen molar-refractivity contribution >= 4 is 16.9 Å². The van der Waals surface area contributed by atoms with E-state index >= 15 is 0 Å². The van der Waals surface area contributed by atoms with Crippen LogP contribution in [0.2, 0.25) is 0 Å². The number of hydrogen-bond donors (Lipinski definition) is 0. The third kappa shape index (κ3) is 3.34. The molecule has 0 unspecified atom stereocenters. The van der Waals surface area contributed by atoms with Crippen molar-refractivity contribution in [3.8, 4) is 5.75 Å². The Morgan fingerprint density at radius 3 is 2.61 bits per heavy atom. The number of benzene rings is 2. The van der Waals surface area contributed by atoms with Crippen molar-refractivity contribution in [1.29, 1.82) is 0 Å². The predicted molar refractivity (Wildman–Crippen MR) is 87.8 cm³/mol. The summed E-state index contributed by atoms with van der Waals surface area (Å²) in [5.74, 6) is 0.520. The third-order valence-electron chi connectivity index (χ3n) is 3.76. The van der Waals surface area contributed by atoms with Gasteiger partial charge in [-0.05, 0) is 42.3 Å². The molecule has 0 fully saturated rings. The van der Waals surface area contributed by atoms with Crippen LogP contribution in [0.5, 0.6) is 5.75 Å². The molecule has 0 N–H and O–H groups in total. The van der Waals surface area contributed by atoms with E-state index in [-0.39, 0.29) is 5.97 Å². The molecule has 23 heavy (non-hydrogen) atoms. The number of aryl methyl sites for hydroxylation is 2. The molecule has 0 bridgehead atoms. The Labute approximate surface area is 134 Å². The van der Waals surface area contributed by atoms with Crippen LogP contribution in [-0.4, -0.2) is 30.0 Å². The average Bonchev–Trinajstić information content (AvgIpc) is 3.01. The maximum atomic E-state index is 11.6. The molecule has 0 amide bonds. The van der Waals surface area contributed by atoms with E-state index in [4.69, 9.17) is 9.47 Å². The van der Waals surface area contributed by atoms with Gasteiger partial charge in [0.1, 0.15) is 5.75 Å². The van der Waals surface area contributed by atoms with Gasteiger partial charge in [0.15, 0.2) is 0 Å². The van der Waals surface area contributed by atoms with Gasteiger partial charge in [-0.15, -0.1) is 0 Å². The van der Waals surface area contributed by atoms with E-state index in [0.29, 0.717) is 5.56 Å². The van der Waals surface area contributed by atoms with Crippen molar-refractivity contribution in [2.45, 2.75) is 13.0 Å². The zero-order valence-corrected chi connectivity index (χ0v) is 13.2. The quantitative estimate of drug-likeness (QED) is 0.680. The molecule has 0 spiro atoms. The molecule has 118 valence electrons. The molecule has 0 aliphatic rings. The smallest absolute Gasteiger partial charge is 0.337 e. The van der Waals surface area contributed by atoms with Crippen molar-refractivity contribution in [1.82, 2.24) is 9.78 Å². The van der Waals surface area contributed by atoms with Gasteiger partial charge in [-0.1, -0.05) is 12.1 Å². The molecule has 1 heterocycles. The van der Waals surface area contributed by atoms with Crippen molar-refractivity contribution in [3.05, 3.63) is 59.8 Å². The molecule has 0 saturated heterocycles. The van der Waals surface area contributed by atoms with Crippen molar-refractivity contribution in [2.75, 3.05) is 14.2 Å². The number of nitrogens with zero attached hydrogens (tertiary/aromatic N) is 2. The zero-order chi connectivity index (χ0) is 16.2. The Morgan fingerprint density at radius 2 is 1.91 bits per heavy atom. The fourth-order valence-electron chi connectivity index (χ4n) is 2.47. The molecular formula is C18H18N2O3. The topological polar surface area (TPSA) is 53.3 Å². The van der Waals surface area contributed by atoms with Gasteiger partial charge in [0, 0.05) is 18.1 Å². The summed E-state index contributed by atoms with van der Waals surface area (Å²) in [6, 6.07) is 13.4. The molecule has 2 aromatic carbocycles. The first kappa shape index (κ1) is 15.1. The highest BCUT2D eigenvalue weighted by atomic mass is 16.5. The van der Waals surface area contributed by atoms with Gasteiger partial charge in [0.05, 0.1) is 25.3 Å². The minimum atomic E-state index is -0.335. The van der Waals surface area contributed by atoms with Crippen LogP contribution >= 0.6 is 0 Å². The largest absolute Gasteiger partial charge is 0.497 e. The highest BCUT2D eigenvalue weighted by molar-refractivity contribution is 5.94. The third-order valence-corrected chi connectivity index (χ3v) is 3.76. The molecule has 0 saturated carbocycles. The molecule has 3 aromatic rings. The molecule has 5 heteroatoms. The van der Waals surface area contributed by atoms with Crippen LogP contribution in [0.15, 0.2) is 48.7 Å². The van der Waals surface area contributed by atoms with Crippen molar-refractivity contribution in [3.63, 3.8) is 0 Å². The van der Waals surface area contributed by atoms with Crippen LogP contribution in [0.25, 0.3) is 10.9 Å². The SMILES string of the molecule is COC(=O)c1ccc2nn(CCc3ccc(OC)cc3)cc2c1. The van der Waals surface area contributed by atoms with E-state index in [9.17, 15) is 4.79 Å². The highest BCUT2D eigenvalue weighted by Crippen LogP contribution is 2.16. The highest BCUT2D eigenvalue weighted by Gasteiger charge is 2.08. The first-order valence-corrected chi connectivity index (χ1v) is 7.38. The summed E-state index contributed by atoms with van der Waals surface area (Å²) in [6.45, 7) is 0.772. The maximum Gasteiger partial charge on any atom is 0.337 e. The van der Waals surface area contributed by atoms with Crippen LogP contribution in [0.1, 0.15) is 15.9 Å². The number of rotatable bonds is 5. The molecule has 3 rings (SSSR count). The van der Waals surface area contributed by atoms with Gasteiger partial charge in [0.25, 0.3) is 0 Å². The molecule has 0 aliphatic heterocycles.